The molecular weight excluding hydrogens is 380 g/mol. The molecule has 6 nitrogen and oxygen atoms in total. The molecular formula is C24H28N2O4. The number of likely N-dealkylation sites (tertiary alicyclic amines) is 1. The van der Waals surface area contributed by atoms with Gasteiger partial charge in [0.05, 0.1) is 29.8 Å². The highest BCUT2D eigenvalue weighted by atomic mass is 16.8. The number of fused-ring (bicyclic) bond motifs is 1. The monoisotopic (exact) mass is 408 g/mol. The summed E-state index contributed by atoms with van der Waals surface area (Å²) in [7, 11) is 0. The fourth-order valence-corrected chi connectivity index (χ4v) is 7.68. The maximum absolute atomic E-state index is 12.5. The van der Waals surface area contributed by atoms with Gasteiger partial charge >= 0.3 is 0 Å². The van der Waals surface area contributed by atoms with Crippen molar-refractivity contribution in [1.29, 1.82) is 5.26 Å². The lowest BCUT2D eigenvalue weighted by Crippen LogP contribution is -2.79. The first-order valence-electron chi connectivity index (χ1n) is 11.6. The third kappa shape index (κ3) is 1.90. The molecule has 2 saturated carbocycles. The molecule has 2 bridgehead atoms. The Balaban J connectivity index is 1.42. The van der Waals surface area contributed by atoms with Gasteiger partial charge in [-0.05, 0) is 56.2 Å². The van der Waals surface area contributed by atoms with Crippen LogP contribution in [0.25, 0.3) is 0 Å². The number of piperidine rings is 1. The maximum atomic E-state index is 12.5. The maximum Gasteiger partial charge on any atom is 0.207 e. The molecule has 2 spiro atoms. The Morgan fingerprint density at radius 3 is 2.73 bits per heavy atom. The van der Waals surface area contributed by atoms with Crippen LogP contribution in [0, 0.1) is 17.2 Å². The van der Waals surface area contributed by atoms with Crippen molar-refractivity contribution >= 4 is 0 Å². The van der Waals surface area contributed by atoms with Gasteiger partial charge in [-0.15, -0.1) is 0 Å². The quantitative estimate of drug-likeness (QED) is 0.809. The molecule has 7 rings (SSSR count). The standard InChI is InChI=1S/C24H28N2O4/c25-13-17-5-4-16-12-18-23(27)6-7-24(28-10-11-29-24)21-22(23,19(16)20(17)30-21)8-9-26(18)14-15-2-1-3-15/h4-5,15,18,21,27H,1-3,6-12,14H2. The molecule has 3 heterocycles. The van der Waals surface area contributed by atoms with Crippen LogP contribution in [0.15, 0.2) is 12.1 Å². The van der Waals surface area contributed by atoms with Crippen LogP contribution in [0.4, 0.5) is 0 Å². The first-order valence-corrected chi connectivity index (χ1v) is 11.6. The highest BCUT2D eigenvalue weighted by Gasteiger charge is 2.77. The van der Waals surface area contributed by atoms with Crippen LogP contribution in [-0.4, -0.2) is 59.8 Å². The summed E-state index contributed by atoms with van der Waals surface area (Å²) in [4.78, 5) is 2.57. The predicted molar refractivity (Wildman–Crippen MR) is 107 cm³/mol. The van der Waals surface area contributed by atoms with E-state index < -0.39 is 22.9 Å². The molecule has 4 atom stereocenters. The summed E-state index contributed by atoms with van der Waals surface area (Å²) in [6, 6.07) is 6.39. The van der Waals surface area contributed by atoms with E-state index in [-0.39, 0.29) is 6.04 Å². The van der Waals surface area contributed by atoms with E-state index in [2.05, 4.69) is 17.0 Å². The minimum atomic E-state index is -0.882. The molecule has 1 aromatic carbocycles. The number of aliphatic hydroxyl groups is 1. The van der Waals surface area contributed by atoms with E-state index in [9.17, 15) is 10.4 Å². The van der Waals surface area contributed by atoms with E-state index in [0.29, 0.717) is 37.4 Å². The number of ether oxygens (including phenoxy) is 3. The van der Waals surface area contributed by atoms with Crippen LogP contribution in [0.1, 0.15) is 55.2 Å². The minimum absolute atomic E-state index is 0.0862. The van der Waals surface area contributed by atoms with Crippen molar-refractivity contribution in [1.82, 2.24) is 4.90 Å². The van der Waals surface area contributed by atoms with Gasteiger partial charge in [0.1, 0.15) is 11.8 Å². The molecule has 30 heavy (non-hydrogen) atoms. The van der Waals surface area contributed by atoms with E-state index in [1.54, 1.807) is 0 Å². The Hall–Kier alpha value is -1.65. The van der Waals surface area contributed by atoms with Crippen LogP contribution in [-0.2, 0) is 21.3 Å². The Morgan fingerprint density at radius 2 is 2.00 bits per heavy atom. The average molecular weight is 408 g/mol. The Labute approximate surface area is 176 Å². The summed E-state index contributed by atoms with van der Waals surface area (Å²) in [5, 5.41) is 22.2. The number of hydrogen-bond donors (Lipinski definition) is 1. The molecule has 3 aliphatic heterocycles. The normalized spacial score (nSPS) is 40.5. The van der Waals surface area contributed by atoms with Crippen molar-refractivity contribution < 1.29 is 19.3 Å². The number of hydrogen-bond acceptors (Lipinski definition) is 6. The zero-order valence-electron chi connectivity index (χ0n) is 17.2. The van der Waals surface area contributed by atoms with Gasteiger partial charge in [0.15, 0.2) is 6.10 Å². The zero-order valence-corrected chi connectivity index (χ0v) is 17.2. The van der Waals surface area contributed by atoms with Gasteiger partial charge in [-0.1, -0.05) is 12.5 Å². The molecule has 1 aromatic rings. The largest absolute Gasteiger partial charge is 0.482 e. The lowest BCUT2D eigenvalue weighted by Gasteiger charge is -2.65. The van der Waals surface area contributed by atoms with Gasteiger partial charge in [-0.2, -0.15) is 5.26 Å². The van der Waals surface area contributed by atoms with Crippen molar-refractivity contribution in [2.24, 2.45) is 5.92 Å². The number of benzene rings is 1. The smallest absolute Gasteiger partial charge is 0.207 e. The fraction of sp³-hybridized carbons (Fsp3) is 0.708. The molecule has 4 fully saturated rings. The zero-order chi connectivity index (χ0) is 20.1. The third-order valence-corrected chi connectivity index (χ3v) is 9.21. The number of nitriles is 1. The van der Waals surface area contributed by atoms with Crippen molar-refractivity contribution in [3.63, 3.8) is 0 Å². The van der Waals surface area contributed by atoms with E-state index in [1.807, 2.05) is 6.07 Å². The second kappa shape index (κ2) is 5.77. The molecule has 4 unspecified atom stereocenters. The molecule has 3 aliphatic carbocycles. The van der Waals surface area contributed by atoms with Crippen LogP contribution < -0.4 is 4.74 Å². The summed E-state index contributed by atoms with van der Waals surface area (Å²) in [6.07, 6.45) is 6.50. The van der Waals surface area contributed by atoms with Gasteiger partial charge in [0.25, 0.3) is 0 Å². The van der Waals surface area contributed by atoms with Gasteiger partial charge in [-0.3, -0.25) is 4.90 Å². The van der Waals surface area contributed by atoms with Crippen molar-refractivity contribution in [2.45, 2.75) is 73.9 Å². The lowest BCUT2D eigenvalue weighted by atomic mass is 9.48. The summed E-state index contributed by atoms with van der Waals surface area (Å²) in [5.74, 6) is 0.630. The van der Waals surface area contributed by atoms with Crippen molar-refractivity contribution in [3.05, 3.63) is 28.8 Å². The highest BCUT2D eigenvalue weighted by molar-refractivity contribution is 5.63. The van der Waals surface area contributed by atoms with Gasteiger partial charge < -0.3 is 19.3 Å². The van der Waals surface area contributed by atoms with Gasteiger partial charge in [-0.25, -0.2) is 0 Å². The highest BCUT2D eigenvalue weighted by Crippen LogP contribution is 2.67. The summed E-state index contributed by atoms with van der Waals surface area (Å²) >= 11 is 0. The molecule has 1 N–H and O–H groups in total. The van der Waals surface area contributed by atoms with Crippen molar-refractivity contribution in [3.8, 4) is 11.8 Å². The van der Waals surface area contributed by atoms with E-state index in [4.69, 9.17) is 14.2 Å². The predicted octanol–water partition coefficient (Wildman–Crippen LogP) is 2.26. The molecule has 6 heteroatoms. The van der Waals surface area contributed by atoms with Crippen LogP contribution in [0.5, 0.6) is 5.75 Å². The van der Waals surface area contributed by atoms with Crippen LogP contribution in [0.2, 0.25) is 0 Å². The first-order chi connectivity index (χ1) is 14.6. The summed E-state index contributed by atoms with van der Waals surface area (Å²) < 4.78 is 19.0. The molecule has 2 saturated heterocycles. The van der Waals surface area contributed by atoms with E-state index in [1.165, 1.54) is 24.8 Å². The SMILES string of the molecule is N#Cc1ccc2c3c1OC1C4(CCC5(O)C(C2)N(CC2CCC2)CCC315)OCCO4. The lowest BCUT2D eigenvalue weighted by molar-refractivity contribution is -0.297. The molecule has 0 radical (unpaired) electrons. The summed E-state index contributed by atoms with van der Waals surface area (Å²) in [5.41, 5.74) is 1.42. The molecule has 6 aliphatic rings. The Morgan fingerprint density at radius 1 is 1.17 bits per heavy atom. The number of rotatable bonds is 2. The van der Waals surface area contributed by atoms with E-state index >= 15 is 0 Å². The van der Waals surface area contributed by atoms with Gasteiger partial charge in [0.2, 0.25) is 5.79 Å². The van der Waals surface area contributed by atoms with Crippen LogP contribution >= 0.6 is 0 Å². The van der Waals surface area contributed by atoms with Crippen molar-refractivity contribution in [2.75, 3.05) is 26.3 Å². The second-order valence-electron chi connectivity index (χ2n) is 10.3. The van der Waals surface area contributed by atoms with Gasteiger partial charge in [0, 0.05) is 24.6 Å². The minimum Gasteiger partial charge on any atom is -0.482 e. The van der Waals surface area contributed by atoms with Crippen LogP contribution in [0.3, 0.4) is 0 Å². The number of nitrogens with zero attached hydrogens (tertiary/aromatic N) is 2. The topological polar surface area (TPSA) is 75.0 Å². The third-order valence-electron chi connectivity index (χ3n) is 9.21. The van der Waals surface area contributed by atoms with E-state index in [0.717, 1.165) is 37.4 Å². The fourth-order valence-electron chi connectivity index (χ4n) is 7.68. The Kier molecular flexibility index (Phi) is 3.46. The molecule has 0 amide bonds. The second-order valence-corrected chi connectivity index (χ2v) is 10.3. The summed E-state index contributed by atoms with van der Waals surface area (Å²) in [6.45, 7) is 3.15. The average Bonchev–Trinajstić information content (AvgIpc) is 3.32. The molecule has 0 aromatic heterocycles. The first kappa shape index (κ1) is 18.0. The Bertz CT molecular complexity index is 963. The molecule has 158 valence electrons.